The van der Waals surface area contributed by atoms with E-state index in [9.17, 15) is 4.79 Å². The molecule has 1 aromatic rings. The van der Waals surface area contributed by atoms with Crippen molar-refractivity contribution in [3.63, 3.8) is 0 Å². The Balaban J connectivity index is 2.60. The van der Waals surface area contributed by atoms with Crippen LogP contribution in [0.3, 0.4) is 0 Å². The summed E-state index contributed by atoms with van der Waals surface area (Å²) in [6, 6.07) is 5.60. The van der Waals surface area contributed by atoms with Gasteiger partial charge in [0.05, 0.1) is 14.2 Å². The second kappa shape index (κ2) is 7.03. The molecule has 0 bridgehead atoms. The highest BCUT2D eigenvalue weighted by molar-refractivity contribution is 5.67. The lowest BCUT2D eigenvalue weighted by atomic mass is 10.1. The molecule has 0 spiro atoms. The molecule has 0 heterocycles. The molecule has 0 radical (unpaired) electrons. The van der Waals surface area contributed by atoms with E-state index in [1.54, 1.807) is 14.2 Å². The van der Waals surface area contributed by atoms with Crippen LogP contribution in [0.2, 0.25) is 0 Å². The Morgan fingerprint density at radius 3 is 2.15 bits per heavy atom. The maximum absolute atomic E-state index is 11.6. The molecule has 0 unspecified atom stereocenters. The normalized spacial score (nSPS) is 10.8. The first-order chi connectivity index (χ1) is 9.37. The Kier molecular flexibility index (Phi) is 5.67. The summed E-state index contributed by atoms with van der Waals surface area (Å²) in [6.45, 7) is 5.94. The fourth-order valence-electron chi connectivity index (χ4n) is 1.78. The highest BCUT2D eigenvalue weighted by Crippen LogP contribution is 2.28. The molecule has 0 aliphatic rings. The third-order valence-corrected chi connectivity index (χ3v) is 2.57. The number of nitrogens with one attached hydrogen (secondary N) is 1. The molecule has 1 N–H and O–H groups in total. The lowest BCUT2D eigenvalue weighted by Crippen LogP contribution is -2.33. The fraction of sp³-hybridized carbons (Fsp3) is 0.533. The van der Waals surface area contributed by atoms with Crippen LogP contribution < -0.4 is 14.8 Å². The summed E-state index contributed by atoms with van der Waals surface area (Å²) in [5.41, 5.74) is 0.431. The topological polar surface area (TPSA) is 56.8 Å². The van der Waals surface area contributed by atoms with Gasteiger partial charge in [0, 0.05) is 12.1 Å². The first-order valence-corrected chi connectivity index (χ1v) is 6.54. The quantitative estimate of drug-likeness (QED) is 0.901. The highest BCUT2D eigenvalue weighted by atomic mass is 16.6. The van der Waals surface area contributed by atoms with Crippen LogP contribution in [0.1, 0.15) is 26.3 Å². The Bertz CT molecular complexity index is 429. The van der Waals surface area contributed by atoms with Crippen LogP contribution in [0.4, 0.5) is 4.79 Å². The molecule has 0 saturated carbocycles. The summed E-state index contributed by atoms with van der Waals surface area (Å²) < 4.78 is 15.8. The molecule has 5 heteroatoms. The third kappa shape index (κ3) is 4.99. The molecule has 0 aromatic heterocycles. The summed E-state index contributed by atoms with van der Waals surface area (Å²) in [5, 5.41) is 2.72. The van der Waals surface area contributed by atoms with E-state index in [0.717, 1.165) is 17.1 Å². The zero-order chi connectivity index (χ0) is 15.2. The molecule has 5 nitrogen and oxygen atoms in total. The standard InChI is InChI=1S/C15H23NO4/c1-15(2,3)20-14(17)16-10-9-11-12(18-4)7-6-8-13(11)19-5/h6-8H,9-10H2,1-5H3,(H,16,17). The van der Waals surface area contributed by atoms with Crippen LogP contribution in [0, 0.1) is 0 Å². The Morgan fingerprint density at radius 1 is 1.15 bits per heavy atom. The van der Waals surface area contributed by atoms with E-state index >= 15 is 0 Å². The molecule has 1 aromatic carbocycles. The second-order valence-corrected chi connectivity index (χ2v) is 5.32. The van der Waals surface area contributed by atoms with Crippen molar-refractivity contribution < 1.29 is 19.0 Å². The number of hydrogen-bond acceptors (Lipinski definition) is 4. The average molecular weight is 281 g/mol. The lowest BCUT2D eigenvalue weighted by molar-refractivity contribution is 0.0528. The third-order valence-electron chi connectivity index (χ3n) is 2.57. The Hall–Kier alpha value is -1.91. The predicted octanol–water partition coefficient (Wildman–Crippen LogP) is 2.77. The van der Waals surface area contributed by atoms with Gasteiger partial charge in [0.15, 0.2) is 0 Å². The van der Waals surface area contributed by atoms with Gasteiger partial charge in [-0.2, -0.15) is 0 Å². The van der Waals surface area contributed by atoms with Gasteiger partial charge >= 0.3 is 6.09 Å². The van der Waals surface area contributed by atoms with E-state index in [4.69, 9.17) is 14.2 Å². The smallest absolute Gasteiger partial charge is 0.407 e. The number of hydrogen-bond donors (Lipinski definition) is 1. The van der Waals surface area contributed by atoms with Crippen LogP contribution in [-0.2, 0) is 11.2 Å². The van der Waals surface area contributed by atoms with Crippen molar-refractivity contribution in [2.24, 2.45) is 0 Å². The van der Waals surface area contributed by atoms with E-state index in [1.807, 2.05) is 39.0 Å². The molecule has 1 rings (SSSR count). The van der Waals surface area contributed by atoms with Gasteiger partial charge in [0.2, 0.25) is 0 Å². The number of methoxy groups -OCH3 is 2. The number of amides is 1. The van der Waals surface area contributed by atoms with Crippen LogP contribution in [0.25, 0.3) is 0 Å². The van der Waals surface area contributed by atoms with Gasteiger partial charge in [-0.15, -0.1) is 0 Å². The predicted molar refractivity (Wildman–Crippen MR) is 77.5 cm³/mol. The summed E-state index contributed by atoms with van der Waals surface area (Å²) in [4.78, 5) is 11.6. The molecule has 20 heavy (non-hydrogen) atoms. The van der Waals surface area contributed by atoms with E-state index in [2.05, 4.69) is 5.32 Å². The van der Waals surface area contributed by atoms with Gasteiger partial charge in [-0.25, -0.2) is 4.79 Å². The molecule has 0 aliphatic carbocycles. The van der Waals surface area contributed by atoms with Crippen LogP contribution in [0.15, 0.2) is 18.2 Å². The van der Waals surface area contributed by atoms with Crippen molar-refractivity contribution in [2.45, 2.75) is 32.8 Å². The van der Waals surface area contributed by atoms with Gasteiger partial charge in [-0.3, -0.25) is 0 Å². The van der Waals surface area contributed by atoms with Crippen LogP contribution in [-0.4, -0.2) is 32.5 Å². The fourth-order valence-corrected chi connectivity index (χ4v) is 1.78. The first kappa shape index (κ1) is 16.1. The SMILES string of the molecule is COc1cccc(OC)c1CCNC(=O)OC(C)(C)C. The number of carbonyl (C=O) groups excluding carboxylic acids is 1. The molecule has 0 atom stereocenters. The van der Waals surface area contributed by atoms with Gasteiger partial charge in [0.25, 0.3) is 0 Å². The van der Waals surface area contributed by atoms with E-state index < -0.39 is 11.7 Å². The number of carbonyl (C=O) groups is 1. The highest BCUT2D eigenvalue weighted by Gasteiger charge is 2.16. The second-order valence-electron chi connectivity index (χ2n) is 5.32. The van der Waals surface area contributed by atoms with E-state index in [1.165, 1.54) is 0 Å². The summed E-state index contributed by atoms with van der Waals surface area (Å²) in [6.07, 6.45) is 0.179. The molecule has 1 amide bonds. The number of benzene rings is 1. The number of rotatable bonds is 5. The van der Waals surface area contributed by atoms with Crippen molar-refractivity contribution in [1.82, 2.24) is 5.32 Å². The molecular formula is C15H23NO4. The van der Waals surface area contributed by atoms with Crippen molar-refractivity contribution >= 4 is 6.09 Å². The van der Waals surface area contributed by atoms with E-state index in [0.29, 0.717) is 13.0 Å². The van der Waals surface area contributed by atoms with Crippen molar-refractivity contribution in [3.05, 3.63) is 23.8 Å². The maximum Gasteiger partial charge on any atom is 0.407 e. The Labute approximate surface area is 120 Å². The molecule has 0 saturated heterocycles. The monoisotopic (exact) mass is 281 g/mol. The minimum Gasteiger partial charge on any atom is -0.496 e. The molecule has 0 fully saturated rings. The molecule has 112 valence electrons. The van der Waals surface area contributed by atoms with Gasteiger partial charge < -0.3 is 19.5 Å². The first-order valence-electron chi connectivity index (χ1n) is 6.54. The van der Waals surface area contributed by atoms with Gasteiger partial charge in [0.1, 0.15) is 17.1 Å². The van der Waals surface area contributed by atoms with Crippen LogP contribution in [0.5, 0.6) is 11.5 Å². The Morgan fingerprint density at radius 2 is 1.70 bits per heavy atom. The van der Waals surface area contributed by atoms with E-state index in [-0.39, 0.29) is 0 Å². The molecule has 0 aliphatic heterocycles. The zero-order valence-corrected chi connectivity index (χ0v) is 12.8. The van der Waals surface area contributed by atoms with Crippen LogP contribution >= 0.6 is 0 Å². The van der Waals surface area contributed by atoms with Gasteiger partial charge in [-0.05, 0) is 39.3 Å². The maximum atomic E-state index is 11.6. The number of ether oxygens (including phenoxy) is 3. The van der Waals surface area contributed by atoms with Crippen molar-refractivity contribution in [1.29, 1.82) is 0 Å². The van der Waals surface area contributed by atoms with Gasteiger partial charge in [-0.1, -0.05) is 6.07 Å². The van der Waals surface area contributed by atoms with Crippen molar-refractivity contribution in [2.75, 3.05) is 20.8 Å². The molecular weight excluding hydrogens is 258 g/mol. The minimum atomic E-state index is -0.494. The average Bonchev–Trinajstić information content (AvgIpc) is 2.36. The summed E-state index contributed by atoms with van der Waals surface area (Å²) in [7, 11) is 3.22. The summed E-state index contributed by atoms with van der Waals surface area (Å²) in [5.74, 6) is 1.49. The van der Waals surface area contributed by atoms with Crippen molar-refractivity contribution in [3.8, 4) is 11.5 Å². The minimum absolute atomic E-state index is 0.425. The zero-order valence-electron chi connectivity index (χ0n) is 12.8. The largest absolute Gasteiger partial charge is 0.496 e. The summed E-state index contributed by atoms with van der Waals surface area (Å²) >= 11 is 0. The number of alkyl carbamates (subject to hydrolysis) is 1. The lowest BCUT2D eigenvalue weighted by Gasteiger charge is -2.20.